The lowest BCUT2D eigenvalue weighted by Crippen LogP contribution is -2.16. The molecule has 0 saturated carbocycles. The number of nitrogens with zero attached hydrogens (tertiary/aromatic N) is 18. The quantitative estimate of drug-likeness (QED) is 0.0147. The first-order valence-corrected chi connectivity index (χ1v) is 47.3. The highest BCUT2D eigenvalue weighted by molar-refractivity contribution is 7.47. The monoisotopic (exact) mass is 2140 g/mol. The van der Waals surface area contributed by atoms with E-state index in [1.165, 1.54) is 74.5 Å². The molecule has 0 radical (unpaired) electrons. The minimum absolute atomic E-state index is 0. The van der Waals surface area contributed by atoms with Crippen LogP contribution in [0.15, 0.2) is 122 Å². The Morgan fingerprint density at radius 2 is 0.557 bits per heavy atom. The van der Waals surface area contributed by atoms with Crippen LogP contribution < -0.4 is 31.9 Å². The van der Waals surface area contributed by atoms with Crippen LogP contribution in [0, 0.1) is 88.6 Å². The average Bonchev–Trinajstić information content (AvgIpc) is 1.66. The standard InChI is InChI=1S/C12H13ClFN4O5P.C12H13F2N4O5P.C12H14FN4O5P.C11H11ClFN4O5P.C11H11F2N4O5P.C11H12FN4O5P.CH4/c2*1-6-3-4-9(8(13)5-6)15-12(19)10-11(14)17-18(16-10)7(2)23-24(20,21)22;1-7-3-4-10(9(13)5-7)15-12(18)11-6-14-17(16-11)8(2)22-23(19,20)21;2*1-6-2-3-8(7(12)4-6)14-11(18)9-10(13)16-17(15-9)5-22-23(19,20)21;1-7-2-3-9(8(12)4-7)14-11(17)10-5-13-16(15-10)6-21-22(18,19)20;/h2*3-5,7H,1-2H3,(H,15,19)(H2,20,21,22);3-6,8H,1-2H3,(H,15,18)(H2,19,20,21);2*2-4H,5H2,1H3,(H,14,18)(H2,19,20,21);2-5H,6H2,1H3,(H,14,17)(H2,18,19,20);1H4. The van der Waals surface area contributed by atoms with Gasteiger partial charge in [0.25, 0.3) is 59.2 Å². The third-order valence-electron chi connectivity index (χ3n) is 15.9. The van der Waals surface area contributed by atoms with Crippen LogP contribution >= 0.6 is 70.1 Å². The number of phosphoric ester groups is 6. The van der Waals surface area contributed by atoms with Crippen LogP contribution in [0.1, 0.15) is 143 Å². The first-order valence-electron chi connectivity index (χ1n) is 37.4. The highest BCUT2D eigenvalue weighted by Crippen LogP contribution is 2.43. The van der Waals surface area contributed by atoms with Gasteiger partial charge in [0.1, 0.15) is 23.3 Å². The van der Waals surface area contributed by atoms with Gasteiger partial charge in [-0.25, -0.2) is 45.0 Å². The predicted octanol–water partition coefficient (Wildman–Crippen LogP) is 10.2. The van der Waals surface area contributed by atoms with E-state index in [2.05, 4.69) is 120 Å². The van der Waals surface area contributed by atoms with Gasteiger partial charge in [-0.2, -0.15) is 56.5 Å². The maximum atomic E-state index is 13.8. The summed E-state index contributed by atoms with van der Waals surface area (Å²) in [6, 6.07) is 26.3. The zero-order chi connectivity index (χ0) is 104. The van der Waals surface area contributed by atoms with E-state index < -0.39 is 191 Å². The minimum Gasteiger partial charge on any atom is -0.319 e. The molecular weight excluding hydrogens is 2070 g/mol. The zero-order valence-electron chi connectivity index (χ0n) is 71.6. The Kier molecular flexibility index (Phi) is 41.7. The van der Waals surface area contributed by atoms with Gasteiger partial charge in [-0.3, -0.25) is 55.9 Å². The Morgan fingerprint density at radius 1 is 0.314 bits per heavy atom. The van der Waals surface area contributed by atoms with Crippen LogP contribution in [0.2, 0.25) is 10.0 Å². The molecule has 12 aromatic rings. The van der Waals surface area contributed by atoms with Crippen molar-refractivity contribution in [2.75, 3.05) is 31.9 Å². The van der Waals surface area contributed by atoms with Gasteiger partial charge >= 0.3 is 46.9 Å². The molecule has 6 heterocycles. The van der Waals surface area contributed by atoms with E-state index >= 15 is 0 Å². The van der Waals surface area contributed by atoms with Crippen LogP contribution in [-0.4, -0.2) is 184 Å². The number of aryl methyl sites for hydroxylation is 6. The molecule has 0 aliphatic heterocycles. The molecule has 0 spiro atoms. The lowest BCUT2D eigenvalue weighted by atomic mass is 10.2. The fraction of sp³-hybridized carbons (Fsp3) is 0.229. The first kappa shape index (κ1) is 116. The summed E-state index contributed by atoms with van der Waals surface area (Å²) in [5, 5.41) is 55.5. The van der Waals surface area contributed by atoms with Crippen molar-refractivity contribution in [3.63, 3.8) is 0 Å². The number of amides is 6. The Hall–Kier alpha value is -12.3. The maximum absolute atomic E-state index is 13.8. The normalized spacial score (nSPS) is 12.1. The first-order chi connectivity index (χ1) is 64.3. The molecule has 54 nitrogen and oxygen atoms in total. The van der Waals surface area contributed by atoms with Crippen molar-refractivity contribution < 1.29 is 177 Å². The number of carbonyl (C=O) groups is 6. The summed E-state index contributed by atoms with van der Waals surface area (Å²) in [7, 11) is -28.6. The number of halogens is 10. The SMILES string of the molecule is C.Cc1ccc(NC(=O)c2cnn(C(C)OP(=O)(O)O)n2)c(F)c1.Cc1ccc(NC(=O)c2cnn(COP(=O)(O)O)n2)c(F)c1.Cc1ccc(NC(=O)c2nn(C(C)OP(=O)(O)O)nc2F)c(Cl)c1.Cc1ccc(NC(=O)c2nn(C(C)OP(=O)(O)O)nc2F)c(F)c1.Cc1ccc(NC(=O)c2nn(COP(=O)(O)O)nc2F)c(Cl)c1.Cc1ccc(NC(=O)c2nn(COP(=O)(O)O)nc2F)c(F)c1. The van der Waals surface area contributed by atoms with Crippen molar-refractivity contribution in [3.8, 4) is 0 Å². The Bertz CT molecular complexity index is 6530. The van der Waals surface area contributed by atoms with Crippen LogP contribution in [-0.2, 0) is 74.7 Å². The van der Waals surface area contributed by atoms with Crippen molar-refractivity contribution >= 4 is 140 Å². The Morgan fingerprint density at radius 3 is 0.843 bits per heavy atom. The highest BCUT2D eigenvalue weighted by Gasteiger charge is 2.32. The van der Waals surface area contributed by atoms with Crippen LogP contribution in [0.3, 0.4) is 0 Å². The lowest BCUT2D eigenvalue weighted by Gasteiger charge is -2.12. The molecule has 3 unspecified atom stereocenters. The van der Waals surface area contributed by atoms with Crippen LogP contribution in [0.5, 0.6) is 0 Å². The molecule has 6 aromatic heterocycles. The van der Waals surface area contributed by atoms with Crippen molar-refractivity contribution in [3.05, 3.63) is 246 Å². The van der Waals surface area contributed by atoms with E-state index in [1.54, 1.807) is 76.2 Å². The number of hydrogen-bond acceptors (Lipinski definition) is 30. The summed E-state index contributed by atoms with van der Waals surface area (Å²) in [5.74, 6) is -13.1. The molecule has 0 aliphatic rings. The van der Waals surface area contributed by atoms with Crippen LogP contribution in [0.4, 0.5) is 69.2 Å². The zero-order valence-corrected chi connectivity index (χ0v) is 78.5. The second kappa shape index (κ2) is 50.2. The molecule has 0 bridgehead atoms. The third-order valence-corrected chi connectivity index (χ3v) is 19.6. The lowest BCUT2D eigenvalue weighted by molar-refractivity contribution is 0.0741. The number of phosphoric acid groups is 6. The van der Waals surface area contributed by atoms with Gasteiger partial charge < -0.3 is 90.6 Å². The van der Waals surface area contributed by atoms with E-state index in [1.807, 2.05) is 13.8 Å². The Labute approximate surface area is 790 Å². The molecule has 0 aliphatic carbocycles. The fourth-order valence-corrected chi connectivity index (χ4v) is 12.6. The van der Waals surface area contributed by atoms with Crippen molar-refractivity contribution in [1.29, 1.82) is 0 Å². The number of rotatable bonds is 30. The molecule has 6 aromatic carbocycles. The fourth-order valence-electron chi connectivity index (χ4n) is 9.81. The minimum atomic E-state index is -4.86. The third kappa shape index (κ3) is 38.7. The maximum Gasteiger partial charge on any atom is 0.471 e. The second-order valence-electron chi connectivity index (χ2n) is 27.4. The van der Waals surface area contributed by atoms with Gasteiger partial charge in [0, 0.05) is 0 Å². The van der Waals surface area contributed by atoms with Gasteiger partial charge in [0.05, 0.1) is 56.6 Å². The summed E-state index contributed by atoms with van der Waals surface area (Å²) in [4.78, 5) is 179. The van der Waals surface area contributed by atoms with Gasteiger partial charge in [0.2, 0.25) is 22.8 Å². The number of nitrogens with one attached hydrogen (secondary N) is 6. The van der Waals surface area contributed by atoms with Crippen molar-refractivity contribution in [2.24, 2.45) is 0 Å². The topological polar surface area (TPSA) is 759 Å². The van der Waals surface area contributed by atoms with E-state index in [4.69, 9.17) is 81.9 Å². The Balaban J connectivity index is 0.000000257. The van der Waals surface area contributed by atoms with E-state index in [0.717, 1.165) is 40.0 Å². The summed E-state index contributed by atoms with van der Waals surface area (Å²) in [6.45, 7) is 11.6. The molecule has 3 atom stereocenters. The summed E-state index contributed by atoms with van der Waals surface area (Å²) in [5.41, 5.74) is 1.30. The highest BCUT2D eigenvalue weighted by atomic mass is 35.5. The molecule has 0 saturated heterocycles. The molecule has 70 heteroatoms. The van der Waals surface area contributed by atoms with Crippen molar-refractivity contribution in [2.45, 2.75) is 109 Å². The van der Waals surface area contributed by atoms with Gasteiger partial charge in [0.15, 0.2) is 50.3 Å². The van der Waals surface area contributed by atoms with E-state index in [0.29, 0.717) is 41.4 Å². The van der Waals surface area contributed by atoms with E-state index in [9.17, 15) is 91.3 Å². The molecule has 0 fully saturated rings. The average molecular weight is 2140 g/mol. The molecule has 18 N–H and O–H groups in total. The molecule has 758 valence electrons. The number of carbonyl (C=O) groups excluding carboxylic acids is 6. The number of benzene rings is 6. The molecular formula is C70H78Cl2F8N24O30P6. The summed E-state index contributed by atoms with van der Waals surface area (Å²) >= 11 is 11.9. The number of aromatic nitrogens is 18. The molecule has 12 rings (SSSR count). The predicted molar refractivity (Wildman–Crippen MR) is 464 cm³/mol. The molecule has 6 amide bonds. The van der Waals surface area contributed by atoms with Gasteiger partial charge in [-0.15, -0.1) is 51.0 Å². The van der Waals surface area contributed by atoms with Gasteiger partial charge in [-0.1, -0.05) is 67.0 Å². The van der Waals surface area contributed by atoms with Crippen LogP contribution in [0.25, 0.3) is 0 Å². The largest absolute Gasteiger partial charge is 0.471 e. The second-order valence-corrected chi connectivity index (χ2v) is 35.5. The molecule has 140 heavy (non-hydrogen) atoms. The van der Waals surface area contributed by atoms with Gasteiger partial charge in [-0.05, 0) is 168 Å². The number of anilines is 6. The number of hydrogen-bond donors (Lipinski definition) is 18. The summed E-state index contributed by atoms with van der Waals surface area (Å²) in [6.07, 6.45) is -1.87. The van der Waals surface area contributed by atoms with E-state index in [-0.39, 0.29) is 63.0 Å². The smallest absolute Gasteiger partial charge is 0.319 e. The summed E-state index contributed by atoms with van der Waals surface area (Å²) < 4.78 is 198. The van der Waals surface area contributed by atoms with Crippen molar-refractivity contribution in [1.82, 2.24) is 90.0 Å².